The number of hydrogen-bond acceptors (Lipinski definition) is 4. The first kappa shape index (κ1) is 16.4. The van der Waals surface area contributed by atoms with E-state index in [-0.39, 0.29) is 0 Å². The van der Waals surface area contributed by atoms with Gasteiger partial charge in [-0.2, -0.15) is 5.26 Å². The average Bonchev–Trinajstić information content (AvgIpc) is 2.56. The van der Waals surface area contributed by atoms with E-state index in [0.717, 1.165) is 5.39 Å². The Labute approximate surface area is 133 Å². The number of rotatable bonds is 7. The van der Waals surface area contributed by atoms with E-state index in [2.05, 4.69) is 10.3 Å². The van der Waals surface area contributed by atoms with Gasteiger partial charge in [-0.3, -0.25) is 9.78 Å². The zero-order chi connectivity index (χ0) is 16.7. The van der Waals surface area contributed by atoms with Gasteiger partial charge < -0.3 is 10.4 Å². The van der Waals surface area contributed by atoms with E-state index >= 15 is 0 Å². The van der Waals surface area contributed by atoms with E-state index in [0.29, 0.717) is 36.8 Å². The number of para-hydroxylation sites is 1. The zero-order valence-electron chi connectivity index (χ0n) is 12.5. The van der Waals surface area contributed by atoms with Gasteiger partial charge in [0.2, 0.25) is 0 Å². The molecule has 1 aromatic heterocycles. The normalized spacial score (nSPS) is 11.6. The van der Waals surface area contributed by atoms with E-state index in [4.69, 9.17) is 5.26 Å². The molecule has 1 heterocycles. The highest BCUT2D eigenvalue weighted by Crippen LogP contribution is 2.16. The van der Waals surface area contributed by atoms with Crippen LogP contribution in [-0.4, -0.2) is 28.0 Å². The van der Waals surface area contributed by atoms with Crippen molar-refractivity contribution < 1.29 is 14.7 Å². The van der Waals surface area contributed by atoms with Crippen LogP contribution in [0.5, 0.6) is 0 Å². The maximum absolute atomic E-state index is 12.4. The maximum atomic E-state index is 12.4. The van der Waals surface area contributed by atoms with Crippen molar-refractivity contribution in [3.63, 3.8) is 0 Å². The molecule has 1 amide bonds. The summed E-state index contributed by atoms with van der Waals surface area (Å²) in [6, 6.07) is 9.87. The Morgan fingerprint density at radius 1 is 1.26 bits per heavy atom. The third kappa shape index (κ3) is 4.27. The fraction of sp³-hybridized carbons (Fsp3) is 0.294. The summed E-state index contributed by atoms with van der Waals surface area (Å²) >= 11 is 0. The van der Waals surface area contributed by atoms with Gasteiger partial charge in [0.25, 0.3) is 5.91 Å². The fourth-order valence-electron chi connectivity index (χ4n) is 2.33. The minimum absolute atomic E-state index is 0.293. The Bertz CT molecular complexity index is 747. The first-order chi connectivity index (χ1) is 11.1. The standard InChI is InChI=1S/C17H17N3O3/c18-10-3-1-2-9-14(17(22)23)20-16(21)13-8-4-6-12-7-5-11-19-15(12)13/h4-8,11,14H,1-3,9H2,(H,20,21)(H,22,23)/t14-/m0/s1. The van der Waals surface area contributed by atoms with Gasteiger partial charge in [-0.25, -0.2) is 4.79 Å². The van der Waals surface area contributed by atoms with Crippen LogP contribution in [0.2, 0.25) is 0 Å². The molecule has 0 saturated heterocycles. The number of carbonyl (C=O) groups excluding carboxylic acids is 1. The molecule has 118 valence electrons. The third-order valence-corrected chi connectivity index (χ3v) is 3.51. The van der Waals surface area contributed by atoms with Gasteiger partial charge in [0, 0.05) is 18.0 Å². The fourth-order valence-corrected chi connectivity index (χ4v) is 2.33. The van der Waals surface area contributed by atoms with Gasteiger partial charge in [0.1, 0.15) is 6.04 Å². The zero-order valence-corrected chi connectivity index (χ0v) is 12.5. The molecule has 2 N–H and O–H groups in total. The topological polar surface area (TPSA) is 103 Å². The second kappa shape index (κ2) is 7.90. The van der Waals surface area contributed by atoms with Crippen LogP contribution in [-0.2, 0) is 4.79 Å². The first-order valence-electron chi connectivity index (χ1n) is 7.38. The molecule has 0 bridgehead atoms. The first-order valence-corrected chi connectivity index (χ1v) is 7.38. The Morgan fingerprint density at radius 3 is 2.78 bits per heavy atom. The van der Waals surface area contributed by atoms with Crippen molar-refractivity contribution in [2.75, 3.05) is 0 Å². The quantitative estimate of drug-likeness (QED) is 0.765. The third-order valence-electron chi connectivity index (χ3n) is 3.51. The molecule has 1 aromatic carbocycles. The van der Waals surface area contributed by atoms with Gasteiger partial charge >= 0.3 is 5.97 Å². The SMILES string of the molecule is N#CCCCC[C@H](NC(=O)c1cccc2cccnc12)C(=O)O. The van der Waals surface area contributed by atoms with Crippen molar-refractivity contribution in [3.8, 4) is 6.07 Å². The number of fused-ring (bicyclic) bond motifs is 1. The number of aliphatic carboxylic acids is 1. The maximum Gasteiger partial charge on any atom is 0.326 e. The van der Waals surface area contributed by atoms with Crippen molar-refractivity contribution >= 4 is 22.8 Å². The van der Waals surface area contributed by atoms with Crippen LogP contribution in [0.1, 0.15) is 36.0 Å². The van der Waals surface area contributed by atoms with Crippen LogP contribution < -0.4 is 5.32 Å². The van der Waals surface area contributed by atoms with Crippen LogP contribution in [0.3, 0.4) is 0 Å². The molecule has 0 aliphatic carbocycles. The molecule has 0 radical (unpaired) electrons. The number of carboxylic acids is 1. The van der Waals surface area contributed by atoms with Gasteiger partial charge in [0.05, 0.1) is 17.1 Å². The molecule has 23 heavy (non-hydrogen) atoms. The largest absolute Gasteiger partial charge is 0.480 e. The van der Waals surface area contributed by atoms with Crippen LogP contribution in [0.25, 0.3) is 10.9 Å². The average molecular weight is 311 g/mol. The molecule has 2 aromatic rings. The number of unbranched alkanes of at least 4 members (excludes halogenated alkanes) is 2. The molecule has 0 fully saturated rings. The minimum atomic E-state index is -1.08. The van der Waals surface area contributed by atoms with Crippen LogP contribution in [0.15, 0.2) is 36.5 Å². The number of aromatic nitrogens is 1. The van der Waals surface area contributed by atoms with Crippen molar-refractivity contribution in [1.29, 1.82) is 5.26 Å². The second-order valence-electron chi connectivity index (χ2n) is 5.15. The van der Waals surface area contributed by atoms with E-state index in [1.807, 2.05) is 18.2 Å². The van der Waals surface area contributed by atoms with E-state index in [9.17, 15) is 14.7 Å². The molecule has 0 spiro atoms. The highest BCUT2D eigenvalue weighted by molar-refractivity contribution is 6.06. The molecule has 2 rings (SSSR count). The Balaban J connectivity index is 2.11. The lowest BCUT2D eigenvalue weighted by atomic mass is 10.1. The Hall–Kier alpha value is -2.94. The van der Waals surface area contributed by atoms with Crippen molar-refractivity contribution in [2.45, 2.75) is 31.7 Å². The summed E-state index contributed by atoms with van der Waals surface area (Å²) in [5, 5.41) is 21.1. The van der Waals surface area contributed by atoms with Gasteiger partial charge in [-0.15, -0.1) is 0 Å². The van der Waals surface area contributed by atoms with Gasteiger partial charge in [-0.1, -0.05) is 18.2 Å². The summed E-state index contributed by atoms with van der Waals surface area (Å²) in [5.74, 6) is -1.54. The lowest BCUT2D eigenvalue weighted by molar-refractivity contribution is -0.139. The van der Waals surface area contributed by atoms with E-state index in [1.54, 1.807) is 24.4 Å². The summed E-state index contributed by atoms with van der Waals surface area (Å²) in [6.45, 7) is 0. The van der Waals surface area contributed by atoms with Crippen molar-refractivity contribution in [1.82, 2.24) is 10.3 Å². The number of nitrogens with zero attached hydrogens (tertiary/aromatic N) is 2. The minimum Gasteiger partial charge on any atom is -0.480 e. The number of pyridine rings is 1. The number of nitriles is 1. The molecule has 0 aliphatic heterocycles. The lowest BCUT2D eigenvalue weighted by Gasteiger charge is -2.14. The van der Waals surface area contributed by atoms with Crippen LogP contribution >= 0.6 is 0 Å². The second-order valence-corrected chi connectivity index (χ2v) is 5.15. The summed E-state index contributed by atoms with van der Waals surface area (Å²) in [5.41, 5.74) is 0.896. The molecular formula is C17H17N3O3. The molecule has 1 atom stereocenters. The summed E-state index contributed by atoms with van der Waals surface area (Å²) in [4.78, 5) is 27.9. The molecule has 6 heteroatoms. The molecule has 6 nitrogen and oxygen atoms in total. The Morgan fingerprint density at radius 2 is 2.04 bits per heavy atom. The van der Waals surface area contributed by atoms with Crippen LogP contribution in [0.4, 0.5) is 0 Å². The lowest BCUT2D eigenvalue weighted by Crippen LogP contribution is -2.40. The molecule has 0 unspecified atom stereocenters. The number of benzene rings is 1. The highest BCUT2D eigenvalue weighted by Gasteiger charge is 2.21. The van der Waals surface area contributed by atoms with Crippen molar-refractivity contribution in [3.05, 3.63) is 42.1 Å². The monoisotopic (exact) mass is 311 g/mol. The number of amides is 1. The number of nitrogens with one attached hydrogen (secondary N) is 1. The highest BCUT2D eigenvalue weighted by atomic mass is 16.4. The predicted octanol–water partition coefficient (Wildman–Crippen LogP) is 2.50. The summed E-state index contributed by atoms with van der Waals surface area (Å²) in [6.07, 6.45) is 3.45. The number of carbonyl (C=O) groups is 2. The smallest absolute Gasteiger partial charge is 0.326 e. The van der Waals surface area contributed by atoms with Crippen LogP contribution in [0, 0.1) is 11.3 Å². The van der Waals surface area contributed by atoms with Crippen molar-refractivity contribution in [2.24, 2.45) is 0 Å². The summed E-state index contributed by atoms with van der Waals surface area (Å²) in [7, 11) is 0. The summed E-state index contributed by atoms with van der Waals surface area (Å²) < 4.78 is 0. The molecular weight excluding hydrogens is 294 g/mol. The number of carboxylic acid groups (broad SMARTS) is 1. The predicted molar refractivity (Wildman–Crippen MR) is 84.7 cm³/mol. The van der Waals surface area contributed by atoms with Gasteiger partial charge in [-0.05, 0) is 31.4 Å². The Kier molecular flexibility index (Phi) is 5.64. The molecule has 0 aliphatic rings. The van der Waals surface area contributed by atoms with E-state index in [1.165, 1.54) is 0 Å². The molecule has 0 saturated carbocycles. The number of hydrogen-bond donors (Lipinski definition) is 2. The van der Waals surface area contributed by atoms with Gasteiger partial charge in [0.15, 0.2) is 0 Å². The van der Waals surface area contributed by atoms with E-state index < -0.39 is 17.9 Å².